The summed E-state index contributed by atoms with van der Waals surface area (Å²) in [7, 11) is 0. The van der Waals surface area contributed by atoms with Crippen LogP contribution in [0.15, 0.2) is 18.6 Å². The minimum atomic E-state index is -2.65. The van der Waals surface area contributed by atoms with Gasteiger partial charge in [0.1, 0.15) is 5.82 Å². The molecule has 4 nitrogen and oxygen atoms in total. The molecule has 2 N–H and O–H groups in total. The summed E-state index contributed by atoms with van der Waals surface area (Å²) in [6.45, 7) is 0.635. The zero-order valence-corrected chi connectivity index (χ0v) is 8.79. The summed E-state index contributed by atoms with van der Waals surface area (Å²) in [5.41, 5.74) is 0. The van der Waals surface area contributed by atoms with E-state index in [1.807, 2.05) is 0 Å². The van der Waals surface area contributed by atoms with E-state index in [1.165, 1.54) is 12.4 Å². The molecule has 0 spiro atoms. The second kappa shape index (κ2) is 4.69. The van der Waals surface area contributed by atoms with Gasteiger partial charge in [0.25, 0.3) is 5.92 Å². The molecule has 0 amide bonds. The molecule has 2 heterocycles. The van der Waals surface area contributed by atoms with Crippen LogP contribution in [0.4, 0.5) is 14.6 Å². The van der Waals surface area contributed by atoms with Gasteiger partial charge in [-0.2, -0.15) is 0 Å². The molecule has 0 bridgehead atoms. The fourth-order valence-corrected chi connectivity index (χ4v) is 1.76. The summed E-state index contributed by atoms with van der Waals surface area (Å²) in [5.74, 6) is -2.75. The Balaban J connectivity index is 1.90. The van der Waals surface area contributed by atoms with E-state index in [0.717, 1.165) is 0 Å². The number of alkyl halides is 2. The summed E-state index contributed by atoms with van der Waals surface area (Å²) < 4.78 is 26.9. The lowest BCUT2D eigenvalue weighted by Crippen LogP contribution is -2.48. The number of rotatable bonds is 3. The number of nitrogens with zero attached hydrogens (tertiary/aromatic N) is 2. The highest BCUT2D eigenvalue weighted by Gasteiger charge is 2.41. The number of halogens is 2. The smallest absolute Gasteiger partial charge is 0.264 e. The van der Waals surface area contributed by atoms with Gasteiger partial charge in [-0.1, -0.05) is 0 Å². The first-order valence-corrected chi connectivity index (χ1v) is 5.27. The maximum atomic E-state index is 13.4. The van der Waals surface area contributed by atoms with Crippen LogP contribution < -0.4 is 10.6 Å². The van der Waals surface area contributed by atoms with Gasteiger partial charge in [0, 0.05) is 24.9 Å². The second-order valence-corrected chi connectivity index (χ2v) is 3.89. The fraction of sp³-hybridized carbons (Fsp3) is 0.600. The van der Waals surface area contributed by atoms with E-state index in [9.17, 15) is 8.78 Å². The first kappa shape index (κ1) is 11.2. The molecule has 88 valence electrons. The summed E-state index contributed by atoms with van der Waals surface area (Å²) in [5, 5.41) is 5.59. The van der Waals surface area contributed by atoms with Crippen molar-refractivity contribution in [3.05, 3.63) is 18.6 Å². The monoisotopic (exact) mass is 228 g/mol. The van der Waals surface area contributed by atoms with E-state index in [4.69, 9.17) is 0 Å². The van der Waals surface area contributed by atoms with Crippen LogP contribution in [0, 0.1) is 5.92 Å². The molecule has 1 atom stereocenters. The van der Waals surface area contributed by atoms with Crippen molar-refractivity contribution in [2.75, 3.05) is 25.0 Å². The number of anilines is 1. The third-order valence-electron chi connectivity index (χ3n) is 2.72. The van der Waals surface area contributed by atoms with Crippen LogP contribution in [0.2, 0.25) is 0 Å². The average molecular weight is 228 g/mol. The number of hydrogen-bond acceptors (Lipinski definition) is 4. The van der Waals surface area contributed by atoms with Crippen LogP contribution in [0.1, 0.15) is 6.42 Å². The molecule has 0 unspecified atom stereocenters. The Morgan fingerprint density at radius 3 is 3.06 bits per heavy atom. The standard InChI is InChI=1S/C10H14F2N4/c11-10(12)7-14-2-1-8(10)5-16-9-6-13-3-4-15-9/h3-4,6,8,14H,1-2,5,7H2,(H,15,16)/t8-/m1/s1. The van der Waals surface area contributed by atoms with Crippen LogP contribution in [-0.4, -0.2) is 35.5 Å². The van der Waals surface area contributed by atoms with Crippen molar-refractivity contribution < 1.29 is 8.78 Å². The third kappa shape index (κ3) is 2.63. The fourth-order valence-electron chi connectivity index (χ4n) is 1.76. The topological polar surface area (TPSA) is 49.8 Å². The van der Waals surface area contributed by atoms with E-state index in [1.54, 1.807) is 6.20 Å². The Morgan fingerprint density at radius 2 is 2.38 bits per heavy atom. The van der Waals surface area contributed by atoms with Crippen LogP contribution in [0.5, 0.6) is 0 Å². The summed E-state index contributed by atoms with van der Waals surface area (Å²) >= 11 is 0. The number of hydrogen-bond donors (Lipinski definition) is 2. The maximum Gasteiger partial charge on any atom is 0.264 e. The molecule has 2 rings (SSSR count). The van der Waals surface area contributed by atoms with E-state index in [2.05, 4.69) is 20.6 Å². The molecule has 0 radical (unpaired) electrons. The molecule has 1 fully saturated rings. The van der Waals surface area contributed by atoms with Crippen LogP contribution >= 0.6 is 0 Å². The van der Waals surface area contributed by atoms with Crippen molar-refractivity contribution >= 4 is 5.82 Å². The molecule has 0 aromatic carbocycles. The van der Waals surface area contributed by atoms with Gasteiger partial charge >= 0.3 is 0 Å². The zero-order valence-electron chi connectivity index (χ0n) is 8.79. The lowest BCUT2D eigenvalue weighted by molar-refractivity contribution is -0.0678. The number of aromatic nitrogens is 2. The molecule has 1 aliphatic heterocycles. The minimum Gasteiger partial charge on any atom is -0.368 e. The quantitative estimate of drug-likeness (QED) is 0.814. The Kier molecular flexibility index (Phi) is 3.28. The highest BCUT2D eigenvalue weighted by molar-refractivity contribution is 5.29. The highest BCUT2D eigenvalue weighted by Crippen LogP contribution is 2.29. The Morgan fingerprint density at radius 1 is 1.50 bits per heavy atom. The number of piperidine rings is 1. The van der Waals surface area contributed by atoms with Gasteiger partial charge < -0.3 is 10.6 Å². The van der Waals surface area contributed by atoms with Gasteiger partial charge in [0.15, 0.2) is 0 Å². The van der Waals surface area contributed by atoms with Gasteiger partial charge in [-0.05, 0) is 13.0 Å². The summed E-state index contributed by atoms with van der Waals surface area (Å²) in [6, 6.07) is 0. The van der Waals surface area contributed by atoms with E-state index in [-0.39, 0.29) is 13.1 Å². The summed E-state index contributed by atoms with van der Waals surface area (Å²) in [4.78, 5) is 7.84. The largest absolute Gasteiger partial charge is 0.368 e. The predicted octanol–water partition coefficient (Wildman–Crippen LogP) is 1.13. The van der Waals surface area contributed by atoms with Crippen molar-refractivity contribution in [3.63, 3.8) is 0 Å². The van der Waals surface area contributed by atoms with Crippen LogP contribution in [0.3, 0.4) is 0 Å². The molecular weight excluding hydrogens is 214 g/mol. The third-order valence-corrected chi connectivity index (χ3v) is 2.72. The SMILES string of the molecule is FC1(F)CNCC[C@@H]1CNc1cnccn1. The normalized spacial score (nSPS) is 24.0. The lowest BCUT2D eigenvalue weighted by Gasteiger charge is -2.31. The van der Waals surface area contributed by atoms with Gasteiger partial charge in [-0.25, -0.2) is 13.8 Å². The molecular formula is C10H14F2N4. The van der Waals surface area contributed by atoms with E-state index in [0.29, 0.717) is 18.8 Å². The van der Waals surface area contributed by atoms with Crippen molar-refractivity contribution in [2.45, 2.75) is 12.3 Å². The van der Waals surface area contributed by atoms with Crippen molar-refractivity contribution in [1.82, 2.24) is 15.3 Å². The minimum absolute atomic E-state index is 0.230. The molecule has 1 aliphatic rings. The van der Waals surface area contributed by atoms with E-state index >= 15 is 0 Å². The molecule has 1 aromatic heterocycles. The van der Waals surface area contributed by atoms with Gasteiger partial charge in [-0.3, -0.25) is 4.98 Å². The van der Waals surface area contributed by atoms with E-state index < -0.39 is 11.8 Å². The Labute approximate surface area is 92.5 Å². The van der Waals surface area contributed by atoms with Gasteiger partial charge in [-0.15, -0.1) is 0 Å². The number of nitrogens with one attached hydrogen (secondary N) is 2. The van der Waals surface area contributed by atoms with Crippen LogP contribution in [0.25, 0.3) is 0 Å². The lowest BCUT2D eigenvalue weighted by atomic mass is 9.94. The van der Waals surface area contributed by atoms with Crippen LogP contribution in [-0.2, 0) is 0 Å². The first-order chi connectivity index (χ1) is 7.68. The molecule has 0 saturated carbocycles. The Bertz CT molecular complexity index is 331. The Hall–Kier alpha value is -1.30. The van der Waals surface area contributed by atoms with Gasteiger partial charge in [0.05, 0.1) is 12.7 Å². The van der Waals surface area contributed by atoms with Gasteiger partial charge in [0.2, 0.25) is 0 Å². The van der Waals surface area contributed by atoms with Crippen molar-refractivity contribution in [3.8, 4) is 0 Å². The molecule has 0 aliphatic carbocycles. The highest BCUT2D eigenvalue weighted by atomic mass is 19.3. The van der Waals surface area contributed by atoms with Crippen molar-refractivity contribution in [1.29, 1.82) is 0 Å². The molecule has 1 saturated heterocycles. The molecule has 16 heavy (non-hydrogen) atoms. The average Bonchev–Trinajstić information content (AvgIpc) is 2.28. The first-order valence-electron chi connectivity index (χ1n) is 5.27. The van der Waals surface area contributed by atoms with Crippen molar-refractivity contribution in [2.24, 2.45) is 5.92 Å². The predicted molar refractivity (Wildman–Crippen MR) is 56.4 cm³/mol. The molecule has 6 heteroatoms. The molecule has 1 aromatic rings. The second-order valence-electron chi connectivity index (χ2n) is 3.89. The summed E-state index contributed by atoms with van der Waals surface area (Å²) in [6.07, 6.45) is 5.08. The maximum absolute atomic E-state index is 13.4. The zero-order chi connectivity index (χ0) is 11.4.